The zero-order valence-corrected chi connectivity index (χ0v) is 9.88. The molecule has 0 aliphatic carbocycles. The molecule has 76 valence electrons. The fourth-order valence-electron chi connectivity index (χ4n) is 0.535. The molecule has 0 aliphatic rings. The molecule has 0 unspecified atom stereocenters. The van der Waals surface area contributed by atoms with Crippen LogP contribution in [0, 0.1) is 0 Å². The van der Waals surface area contributed by atoms with E-state index in [0.29, 0.717) is 0 Å². The summed E-state index contributed by atoms with van der Waals surface area (Å²) >= 11 is 4.36. The lowest BCUT2D eigenvalue weighted by molar-refractivity contribution is -0.135. The summed E-state index contributed by atoms with van der Waals surface area (Å²) in [4.78, 5) is 10.7. The van der Waals surface area contributed by atoms with Crippen molar-refractivity contribution in [1.29, 1.82) is 0 Å². The van der Waals surface area contributed by atoms with E-state index >= 15 is 0 Å². The minimum Gasteiger partial charge on any atom is -0.451 e. The molecule has 1 aromatic rings. The van der Waals surface area contributed by atoms with E-state index in [9.17, 15) is 4.79 Å². The molecule has 1 rings (SSSR count). The third-order valence-corrected chi connectivity index (χ3v) is 3.97. The third kappa shape index (κ3) is 3.69. The highest BCUT2D eigenvalue weighted by molar-refractivity contribution is 8.02. The summed E-state index contributed by atoms with van der Waals surface area (Å²) < 4.78 is 6.48. The van der Waals surface area contributed by atoms with Crippen molar-refractivity contribution in [3.05, 3.63) is 12.7 Å². The molecule has 1 aromatic heterocycles. The highest BCUT2D eigenvalue weighted by Gasteiger charge is 2.04. The van der Waals surface area contributed by atoms with E-state index in [1.165, 1.54) is 23.1 Å². The molecule has 0 atom stereocenters. The number of ether oxygens (including phenoxy) is 1. The summed E-state index contributed by atoms with van der Waals surface area (Å²) in [6, 6.07) is 0. The van der Waals surface area contributed by atoms with Gasteiger partial charge in [-0.25, -0.2) is 4.79 Å². The van der Waals surface area contributed by atoms with Gasteiger partial charge in [0.2, 0.25) is 0 Å². The molecular formula is C7H8N2O2S3. The zero-order valence-electron chi connectivity index (χ0n) is 7.43. The monoisotopic (exact) mass is 248 g/mol. The Balaban J connectivity index is 2.31. The quantitative estimate of drug-likeness (QED) is 0.344. The van der Waals surface area contributed by atoms with Crippen LogP contribution in [-0.2, 0) is 9.53 Å². The van der Waals surface area contributed by atoms with Crippen molar-refractivity contribution in [1.82, 2.24) is 10.2 Å². The van der Waals surface area contributed by atoms with E-state index in [1.54, 1.807) is 11.8 Å². The summed E-state index contributed by atoms with van der Waals surface area (Å²) in [6.07, 6.45) is 3.07. The van der Waals surface area contributed by atoms with Crippen LogP contribution >= 0.6 is 34.9 Å². The molecule has 0 spiro atoms. The molecule has 0 bridgehead atoms. The number of aromatic nitrogens is 2. The highest BCUT2D eigenvalue weighted by atomic mass is 32.2. The second kappa shape index (κ2) is 6.05. The smallest absolute Gasteiger partial charge is 0.330 e. The molecule has 0 radical (unpaired) electrons. The number of thioether (sulfide) groups is 2. The Morgan fingerprint density at radius 1 is 1.64 bits per heavy atom. The fraction of sp³-hybridized carbons (Fsp3) is 0.286. The summed E-state index contributed by atoms with van der Waals surface area (Å²) in [6.45, 7) is 3.29. The van der Waals surface area contributed by atoms with Gasteiger partial charge in [-0.2, -0.15) is 0 Å². The van der Waals surface area contributed by atoms with E-state index in [-0.39, 0.29) is 5.94 Å². The van der Waals surface area contributed by atoms with Gasteiger partial charge in [-0.1, -0.05) is 41.4 Å². The number of hydrogen-bond donors (Lipinski definition) is 0. The Bertz CT molecular complexity index is 326. The van der Waals surface area contributed by atoms with Crippen molar-refractivity contribution >= 4 is 40.8 Å². The number of carbonyl (C=O) groups excluding carboxylic acids is 1. The Morgan fingerprint density at radius 3 is 2.93 bits per heavy atom. The summed E-state index contributed by atoms with van der Waals surface area (Å²) in [7, 11) is 0. The fourth-order valence-corrected chi connectivity index (χ4v) is 2.69. The van der Waals surface area contributed by atoms with Gasteiger partial charge in [-0.15, -0.1) is 10.2 Å². The van der Waals surface area contributed by atoms with Gasteiger partial charge in [0.15, 0.2) is 8.68 Å². The van der Waals surface area contributed by atoms with Crippen LogP contribution in [0.2, 0.25) is 0 Å². The number of hydrogen-bond acceptors (Lipinski definition) is 7. The Kier molecular flexibility index (Phi) is 4.99. The SMILES string of the molecule is C=CC(=O)OCSc1nnc(SC)s1. The van der Waals surface area contributed by atoms with Crippen LogP contribution in [0.15, 0.2) is 21.3 Å². The Morgan fingerprint density at radius 2 is 2.36 bits per heavy atom. The highest BCUT2D eigenvalue weighted by Crippen LogP contribution is 2.27. The number of nitrogens with zero attached hydrogens (tertiary/aromatic N) is 2. The lowest BCUT2D eigenvalue weighted by Crippen LogP contribution is -1.98. The normalized spacial score (nSPS) is 9.79. The van der Waals surface area contributed by atoms with Crippen LogP contribution in [-0.4, -0.2) is 28.4 Å². The molecule has 0 N–H and O–H groups in total. The average molecular weight is 248 g/mol. The maximum absolute atomic E-state index is 10.7. The van der Waals surface area contributed by atoms with Crippen molar-refractivity contribution in [3.8, 4) is 0 Å². The van der Waals surface area contributed by atoms with E-state index in [2.05, 4.69) is 16.8 Å². The largest absolute Gasteiger partial charge is 0.451 e. The number of carbonyl (C=O) groups is 1. The summed E-state index contributed by atoms with van der Waals surface area (Å²) in [5.74, 6) is -0.180. The van der Waals surface area contributed by atoms with Gasteiger partial charge >= 0.3 is 5.97 Å². The first-order valence-electron chi connectivity index (χ1n) is 3.55. The van der Waals surface area contributed by atoms with Crippen molar-refractivity contribution in [2.45, 2.75) is 8.68 Å². The molecule has 1 heterocycles. The minimum absolute atomic E-state index is 0.244. The Hall–Kier alpha value is -0.530. The predicted octanol–water partition coefficient (Wildman–Crippen LogP) is 2.04. The topological polar surface area (TPSA) is 52.1 Å². The second-order valence-electron chi connectivity index (χ2n) is 1.97. The van der Waals surface area contributed by atoms with E-state index < -0.39 is 5.97 Å². The van der Waals surface area contributed by atoms with Gasteiger partial charge in [-0.05, 0) is 6.26 Å². The number of rotatable bonds is 5. The lowest BCUT2D eigenvalue weighted by atomic mass is 10.7. The molecular weight excluding hydrogens is 240 g/mol. The maximum Gasteiger partial charge on any atom is 0.330 e. The molecule has 0 aromatic carbocycles. The van der Waals surface area contributed by atoms with Crippen molar-refractivity contribution in [3.63, 3.8) is 0 Å². The van der Waals surface area contributed by atoms with Gasteiger partial charge in [0.1, 0.15) is 5.94 Å². The third-order valence-electron chi connectivity index (χ3n) is 1.11. The van der Waals surface area contributed by atoms with Crippen LogP contribution in [0.4, 0.5) is 0 Å². The van der Waals surface area contributed by atoms with E-state index in [1.807, 2.05) is 6.26 Å². The molecule has 0 aliphatic heterocycles. The molecule has 7 heteroatoms. The molecule has 14 heavy (non-hydrogen) atoms. The van der Waals surface area contributed by atoms with Crippen LogP contribution in [0.3, 0.4) is 0 Å². The van der Waals surface area contributed by atoms with Crippen LogP contribution in [0.1, 0.15) is 0 Å². The standard InChI is InChI=1S/C7H8N2O2S3/c1-3-5(10)11-4-13-7-9-8-6(12-2)14-7/h3H,1,4H2,2H3. The first kappa shape index (κ1) is 11.5. The van der Waals surface area contributed by atoms with Crippen LogP contribution in [0.25, 0.3) is 0 Å². The first-order valence-corrected chi connectivity index (χ1v) is 6.58. The second-order valence-corrected chi connectivity index (χ2v) is 5.17. The first-order chi connectivity index (χ1) is 6.76. The minimum atomic E-state index is -0.424. The van der Waals surface area contributed by atoms with E-state index in [4.69, 9.17) is 4.74 Å². The van der Waals surface area contributed by atoms with Crippen molar-refractivity contribution in [2.75, 3.05) is 12.2 Å². The van der Waals surface area contributed by atoms with Crippen LogP contribution < -0.4 is 0 Å². The van der Waals surface area contributed by atoms with Gasteiger partial charge in [-0.3, -0.25) is 0 Å². The molecule has 0 fully saturated rings. The summed E-state index contributed by atoms with van der Waals surface area (Å²) in [5.41, 5.74) is 0. The zero-order chi connectivity index (χ0) is 10.4. The van der Waals surface area contributed by atoms with Gasteiger partial charge in [0.25, 0.3) is 0 Å². The molecule has 4 nitrogen and oxygen atoms in total. The average Bonchev–Trinajstić information content (AvgIpc) is 2.65. The molecule has 0 saturated carbocycles. The van der Waals surface area contributed by atoms with Crippen molar-refractivity contribution in [2.24, 2.45) is 0 Å². The molecule has 0 amide bonds. The molecule has 0 saturated heterocycles. The lowest BCUT2D eigenvalue weighted by Gasteiger charge is -1.96. The van der Waals surface area contributed by atoms with Gasteiger partial charge in [0, 0.05) is 6.08 Å². The summed E-state index contributed by atoms with van der Waals surface area (Å²) in [5, 5.41) is 7.81. The Labute approximate surface area is 94.1 Å². The predicted molar refractivity (Wildman–Crippen MR) is 58.7 cm³/mol. The van der Waals surface area contributed by atoms with Gasteiger partial charge in [0.05, 0.1) is 0 Å². The van der Waals surface area contributed by atoms with Crippen molar-refractivity contribution < 1.29 is 9.53 Å². The maximum atomic E-state index is 10.7. The van der Waals surface area contributed by atoms with Gasteiger partial charge < -0.3 is 4.74 Å². The van der Waals surface area contributed by atoms with E-state index in [0.717, 1.165) is 14.8 Å². The van der Waals surface area contributed by atoms with Crippen LogP contribution in [0.5, 0.6) is 0 Å². The number of esters is 1.